The molecule has 0 bridgehead atoms. The van der Waals surface area contributed by atoms with Crippen LogP contribution in [-0.4, -0.2) is 49.3 Å². The van der Waals surface area contributed by atoms with Crippen molar-refractivity contribution in [2.75, 3.05) is 26.4 Å². The van der Waals surface area contributed by atoms with Crippen LogP contribution in [0.1, 0.15) is 284 Å². The average molecular weight is 1230 g/mol. The maximum Gasteiger partial charge on any atom is 0.472 e. The standard InChI is InChI=1S/C77H128NO8P/c1-3-5-7-9-11-13-15-17-19-21-23-25-27-29-31-33-34-35-36-37-38-39-40-42-44-46-48-50-52-54-56-58-60-62-64-66-68-70-77(80)86-75(74-85-87(81,82)84-72-71-78)73-83-76(79)69-67-65-63-61-59-57-55-53-51-49-47-45-43-41-32-30-28-26-24-22-20-18-16-14-12-10-8-6-4-2/h5-8,11-14,17-20,23-26,29-32,34-35,37-38,40,42,75H,3-4,9-10,15-16,21-22,27-28,33,36,39,41,43-74,78H2,1-2H3,(H,81,82)/b7-5-,8-6-,13-11-,14-12-,19-17-,20-18-,25-23-,26-24-,31-29-,32-30-,35-34-,38-37-,42-40-. The molecule has 0 saturated heterocycles. The summed E-state index contributed by atoms with van der Waals surface area (Å²) in [5.74, 6) is -0.834. The third-order valence-corrected chi connectivity index (χ3v) is 15.4. The van der Waals surface area contributed by atoms with Gasteiger partial charge in [0.2, 0.25) is 0 Å². The van der Waals surface area contributed by atoms with Gasteiger partial charge in [-0.15, -0.1) is 0 Å². The quantitative estimate of drug-likeness (QED) is 0.0264. The largest absolute Gasteiger partial charge is 0.472 e. The number of carbonyl (C=O) groups is 2. The van der Waals surface area contributed by atoms with Gasteiger partial charge in [0.15, 0.2) is 6.10 Å². The first kappa shape index (κ1) is 82.6. The van der Waals surface area contributed by atoms with E-state index < -0.39 is 26.5 Å². The minimum Gasteiger partial charge on any atom is -0.462 e. The molecule has 9 nitrogen and oxygen atoms in total. The number of carbonyl (C=O) groups excluding carboxylic acids is 2. The summed E-state index contributed by atoms with van der Waals surface area (Å²) in [6.07, 6.45) is 103. The number of unbranched alkanes of at least 4 members (excludes halogenated alkanes) is 25. The summed E-state index contributed by atoms with van der Waals surface area (Å²) in [6.45, 7) is 3.52. The second-order valence-corrected chi connectivity index (χ2v) is 24.1. The first-order valence-corrected chi connectivity index (χ1v) is 36.5. The van der Waals surface area contributed by atoms with Gasteiger partial charge in [-0.3, -0.25) is 18.6 Å². The first-order chi connectivity index (χ1) is 42.8. The molecule has 2 unspecified atom stereocenters. The van der Waals surface area contributed by atoms with Gasteiger partial charge in [-0.05, 0) is 122 Å². The molecule has 3 N–H and O–H groups in total. The van der Waals surface area contributed by atoms with E-state index >= 15 is 0 Å². The SMILES string of the molecule is CC/C=C\C/C=C\C/C=C\C/C=C\C/C=C\C/C=C\C/C=C\C/C=C\CCCCCCCCCCCCCCC(=O)OC(COC(=O)CCCCCCCCCCCCCCC/C=C\C/C=C\C/C=C\C/C=C\C/C=C\CC)COP(=O)(O)OCCN. The van der Waals surface area contributed by atoms with Gasteiger partial charge in [0.1, 0.15) is 6.61 Å². The van der Waals surface area contributed by atoms with Crippen LogP contribution in [-0.2, 0) is 32.7 Å². The first-order valence-electron chi connectivity index (χ1n) is 35.0. The van der Waals surface area contributed by atoms with Crippen molar-refractivity contribution < 1.29 is 37.6 Å². The normalized spacial score (nSPS) is 13.9. The maximum absolute atomic E-state index is 12.8. The third kappa shape index (κ3) is 70.6. The van der Waals surface area contributed by atoms with Gasteiger partial charge in [-0.1, -0.05) is 307 Å². The van der Waals surface area contributed by atoms with Crippen LogP contribution < -0.4 is 5.73 Å². The van der Waals surface area contributed by atoms with Crippen LogP contribution in [0, 0.1) is 0 Å². The van der Waals surface area contributed by atoms with Crippen LogP contribution in [0.4, 0.5) is 0 Å². The van der Waals surface area contributed by atoms with Gasteiger partial charge in [0, 0.05) is 19.4 Å². The van der Waals surface area contributed by atoms with Crippen LogP contribution in [0.5, 0.6) is 0 Å². The molecule has 494 valence electrons. The molecule has 0 heterocycles. The molecule has 2 atom stereocenters. The number of esters is 2. The zero-order valence-corrected chi connectivity index (χ0v) is 56.3. The summed E-state index contributed by atoms with van der Waals surface area (Å²) < 4.78 is 33.2. The van der Waals surface area contributed by atoms with Crippen molar-refractivity contribution in [3.63, 3.8) is 0 Å². The van der Waals surface area contributed by atoms with E-state index in [0.717, 1.165) is 128 Å². The fraction of sp³-hybridized carbons (Fsp3) is 0.636. The lowest BCUT2D eigenvalue weighted by Gasteiger charge is -2.19. The van der Waals surface area contributed by atoms with Gasteiger partial charge in [0.05, 0.1) is 13.2 Å². The monoisotopic (exact) mass is 1230 g/mol. The Morgan fingerprint density at radius 1 is 0.345 bits per heavy atom. The zero-order valence-electron chi connectivity index (χ0n) is 55.4. The van der Waals surface area contributed by atoms with Gasteiger partial charge in [-0.25, -0.2) is 4.57 Å². The summed E-state index contributed by atoms with van der Waals surface area (Å²) in [5, 5.41) is 0. The lowest BCUT2D eigenvalue weighted by Crippen LogP contribution is -2.29. The number of phosphoric acid groups is 1. The highest BCUT2D eigenvalue weighted by atomic mass is 31.2. The molecule has 10 heteroatoms. The highest BCUT2D eigenvalue weighted by molar-refractivity contribution is 7.47. The van der Waals surface area contributed by atoms with E-state index in [1.807, 2.05) is 0 Å². The molecular weight excluding hydrogens is 1100 g/mol. The summed E-state index contributed by atoms with van der Waals surface area (Å²) in [6, 6.07) is 0. The Kier molecular flexibility index (Phi) is 67.2. The number of ether oxygens (including phenoxy) is 2. The van der Waals surface area contributed by atoms with E-state index in [-0.39, 0.29) is 38.6 Å². The van der Waals surface area contributed by atoms with E-state index in [1.54, 1.807) is 0 Å². The molecule has 0 aliphatic carbocycles. The molecule has 0 radical (unpaired) electrons. The molecule has 0 amide bonds. The molecular formula is C77H128NO8P. The summed E-state index contributed by atoms with van der Waals surface area (Å²) in [7, 11) is -4.40. The summed E-state index contributed by atoms with van der Waals surface area (Å²) >= 11 is 0. The van der Waals surface area contributed by atoms with E-state index in [1.165, 1.54) is 122 Å². The average Bonchev–Trinajstić information content (AvgIpc) is 3.65. The van der Waals surface area contributed by atoms with Crippen molar-refractivity contribution in [3.05, 3.63) is 158 Å². The predicted molar refractivity (Wildman–Crippen MR) is 376 cm³/mol. The van der Waals surface area contributed by atoms with Crippen molar-refractivity contribution in [1.82, 2.24) is 0 Å². The second-order valence-electron chi connectivity index (χ2n) is 22.6. The molecule has 87 heavy (non-hydrogen) atoms. The number of rotatable bonds is 64. The highest BCUT2D eigenvalue weighted by Gasteiger charge is 2.26. The van der Waals surface area contributed by atoms with Crippen LogP contribution in [0.2, 0.25) is 0 Å². The van der Waals surface area contributed by atoms with Crippen molar-refractivity contribution in [2.45, 2.75) is 290 Å². The van der Waals surface area contributed by atoms with E-state index in [9.17, 15) is 19.0 Å². The Labute approximate surface area is 534 Å². The lowest BCUT2D eigenvalue weighted by atomic mass is 10.0. The fourth-order valence-corrected chi connectivity index (χ4v) is 10.1. The summed E-state index contributed by atoms with van der Waals surface area (Å²) in [4.78, 5) is 35.4. The van der Waals surface area contributed by atoms with Crippen molar-refractivity contribution in [3.8, 4) is 0 Å². The maximum atomic E-state index is 12.8. The number of hydrogen-bond donors (Lipinski definition) is 2. The lowest BCUT2D eigenvalue weighted by molar-refractivity contribution is -0.161. The Morgan fingerprint density at radius 2 is 0.598 bits per heavy atom. The molecule has 0 aliphatic heterocycles. The molecule has 0 aliphatic rings. The highest BCUT2D eigenvalue weighted by Crippen LogP contribution is 2.43. The van der Waals surface area contributed by atoms with Crippen LogP contribution in [0.3, 0.4) is 0 Å². The molecule has 0 rings (SSSR count). The summed E-state index contributed by atoms with van der Waals surface area (Å²) in [5.41, 5.74) is 5.40. The molecule has 0 spiro atoms. The Morgan fingerprint density at radius 3 is 0.885 bits per heavy atom. The van der Waals surface area contributed by atoms with Gasteiger partial charge >= 0.3 is 19.8 Å². The van der Waals surface area contributed by atoms with Crippen molar-refractivity contribution in [2.24, 2.45) is 5.73 Å². The van der Waals surface area contributed by atoms with Crippen LogP contribution >= 0.6 is 7.82 Å². The third-order valence-electron chi connectivity index (χ3n) is 14.4. The molecule has 0 aromatic rings. The smallest absolute Gasteiger partial charge is 0.462 e. The Balaban J connectivity index is 3.93. The van der Waals surface area contributed by atoms with Crippen LogP contribution in [0.25, 0.3) is 0 Å². The number of allylic oxidation sites excluding steroid dienone is 26. The Hall–Kier alpha value is -4.37. The zero-order chi connectivity index (χ0) is 63.0. The van der Waals surface area contributed by atoms with Gasteiger partial charge in [-0.2, -0.15) is 0 Å². The van der Waals surface area contributed by atoms with Crippen LogP contribution in [0.15, 0.2) is 158 Å². The molecule has 0 aromatic heterocycles. The topological polar surface area (TPSA) is 134 Å². The van der Waals surface area contributed by atoms with Gasteiger partial charge in [0.25, 0.3) is 0 Å². The molecule has 0 fully saturated rings. The predicted octanol–water partition coefficient (Wildman–Crippen LogP) is 23.2. The number of nitrogens with two attached hydrogens (primary N) is 1. The number of hydrogen-bond acceptors (Lipinski definition) is 8. The fourth-order valence-electron chi connectivity index (χ4n) is 9.33. The van der Waals surface area contributed by atoms with Gasteiger partial charge < -0.3 is 20.1 Å². The second kappa shape index (κ2) is 70.7. The minimum absolute atomic E-state index is 0.0466. The Bertz CT molecular complexity index is 1980. The van der Waals surface area contributed by atoms with E-state index in [0.29, 0.717) is 6.42 Å². The van der Waals surface area contributed by atoms with Crippen molar-refractivity contribution >= 4 is 19.8 Å². The van der Waals surface area contributed by atoms with E-state index in [2.05, 4.69) is 172 Å². The van der Waals surface area contributed by atoms with Crippen molar-refractivity contribution in [1.29, 1.82) is 0 Å². The molecule has 0 aromatic carbocycles. The minimum atomic E-state index is -4.40. The molecule has 0 saturated carbocycles. The number of phosphoric ester groups is 1. The van der Waals surface area contributed by atoms with E-state index in [4.69, 9.17) is 24.3 Å².